The molecule has 1 amide bonds. The molecule has 0 spiro atoms. The summed E-state index contributed by atoms with van der Waals surface area (Å²) in [6.07, 6.45) is 0. The summed E-state index contributed by atoms with van der Waals surface area (Å²) in [5.41, 5.74) is 2.97. The summed E-state index contributed by atoms with van der Waals surface area (Å²) in [6.45, 7) is 5.10. The molecule has 7 nitrogen and oxygen atoms in total. The molecule has 0 unspecified atom stereocenters. The molecule has 0 aliphatic heterocycles. The number of hydrogen-bond donors (Lipinski definition) is 1. The zero-order valence-corrected chi connectivity index (χ0v) is 17.8. The van der Waals surface area contributed by atoms with Crippen LogP contribution in [0.1, 0.15) is 23.6 Å². The van der Waals surface area contributed by atoms with E-state index in [9.17, 15) is 18.0 Å². The minimum absolute atomic E-state index is 0.0526. The Morgan fingerprint density at radius 1 is 1.07 bits per heavy atom. The Labute approximate surface area is 171 Å². The SMILES string of the molecule is Cc1ccc(S(=O)(=O)N[C@@H](C)C(=O)OCC(=O)N(C)Cc2ccccc2C)cc1. The van der Waals surface area contributed by atoms with E-state index in [1.165, 1.54) is 24.0 Å². The van der Waals surface area contributed by atoms with Gasteiger partial charge >= 0.3 is 5.97 Å². The van der Waals surface area contributed by atoms with E-state index in [2.05, 4.69) is 4.72 Å². The number of carbonyl (C=O) groups is 2. The van der Waals surface area contributed by atoms with Crippen molar-refractivity contribution in [1.82, 2.24) is 9.62 Å². The van der Waals surface area contributed by atoms with E-state index in [-0.39, 0.29) is 10.8 Å². The van der Waals surface area contributed by atoms with Gasteiger partial charge in [-0.3, -0.25) is 9.59 Å². The predicted octanol–water partition coefficient (Wildman–Crippen LogP) is 2.17. The van der Waals surface area contributed by atoms with Crippen molar-refractivity contribution in [2.24, 2.45) is 0 Å². The highest BCUT2D eigenvalue weighted by Gasteiger charge is 2.24. The maximum Gasteiger partial charge on any atom is 0.324 e. The summed E-state index contributed by atoms with van der Waals surface area (Å²) < 4.78 is 32.0. The third-order valence-electron chi connectivity index (χ3n) is 4.45. The molecule has 0 aliphatic carbocycles. The summed E-state index contributed by atoms with van der Waals surface area (Å²) in [6, 6.07) is 12.8. The molecule has 2 rings (SSSR count). The normalized spacial score (nSPS) is 12.3. The quantitative estimate of drug-likeness (QED) is 0.664. The molecular weight excluding hydrogens is 392 g/mol. The standard InChI is InChI=1S/C21H26N2O5S/c1-15-9-11-19(12-10-15)29(26,27)22-17(3)21(25)28-14-20(24)23(4)13-18-8-6-5-7-16(18)2/h5-12,17,22H,13-14H2,1-4H3/t17-/m0/s1. The van der Waals surface area contributed by atoms with E-state index in [1.54, 1.807) is 19.2 Å². The second-order valence-electron chi connectivity index (χ2n) is 6.94. The van der Waals surface area contributed by atoms with Crippen molar-refractivity contribution in [3.05, 3.63) is 65.2 Å². The van der Waals surface area contributed by atoms with Crippen LogP contribution in [0.5, 0.6) is 0 Å². The number of hydrogen-bond acceptors (Lipinski definition) is 5. The van der Waals surface area contributed by atoms with Crippen molar-refractivity contribution in [1.29, 1.82) is 0 Å². The Bertz CT molecular complexity index is 971. The second-order valence-corrected chi connectivity index (χ2v) is 8.65. The van der Waals surface area contributed by atoms with E-state index in [4.69, 9.17) is 4.74 Å². The number of carbonyl (C=O) groups excluding carboxylic acids is 2. The lowest BCUT2D eigenvalue weighted by atomic mass is 10.1. The van der Waals surface area contributed by atoms with Gasteiger partial charge in [0, 0.05) is 13.6 Å². The molecule has 8 heteroatoms. The van der Waals surface area contributed by atoms with Gasteiger partial charge in [0.15, 0.2) is 6.61 Å². The van der Waals surface area contributed by atoms with Gasteiger partial charge in [-0.05, 0) is 44.0 Å². The first-order valence-corrected chi connectivity index (χ1v) is 10.6. The number of ether oxygens (including phenoxy) is 1. The zero-order valence-electron chi connectivity index (χ0n) is 17.0. The molecule has 0 fully saturated rings. The van der Waals surface area contributed by atoms with Crippen LogP contribution in [0.4, 0.5) is 0 Å². The fourth-order valence-electron chi connectivity index (χ4n) is 2.57. The van der Waals surface area contributed by atoms with Gasteiger partial charge in [-0.1, -0.05) is 42.0 Å². The Morgan fingerprint density at radius 2 is 1.69 bits per heavy atom. The smallest absolute Gasteiger partial charge is 0.324 e. The molecule has 156 valence electrons. The Kier molecular flexibility index (Phi) is 7.53. The second kappa shape index (κ2) is 9.67. The van der Waals surface area contributed by atoms with Crippen LogP contribution < -0.4 is 4.72 Å². The third kappa shape index (κ3) is 6.40. The number of nitrogens with zero attached hydrogens (tertiary/aromatic N) is 1. The van der Waals surface area contributed by atoms with Crippen molar-refractivity contribution in [3.8, 4) is 0 Å². The van der Waals surface area contributed by atoms with Crippen LogP contribution in [0.25, 0.3) is 0 Å². The molecule has 0 saturated heterocycles. The third-order valence-corrected chi connectivity index (χ3v) is 6.01. The highest BCUT2D eigenvalue weighted by atomic mass is 32.2. The van der Waals surface area contributed by atoms with Gasteiger partial charge in [-0.2, -0.15) is 4.72 Å². The summed E-state index contributed by atoms with van der Waals surface area (Å²) in [5, 5.41) is 0. The molecule has 0 saturated carbocycles. The molecular formula is C21H26N2O5S. The molecule has 0 radical (unpaired) electrons. The van der Waals surface area contributed by atoms with Gasteiger partial charge in [0.05, 0.1) is 4.90 Å². The largest absolute Gasteiger partial charge is 0.454 e. The topological polar surface area (TPSA) is 92.8 Å². The number of rotatable bonds is 8. The fourth-order valence-corrected chi connectivity index (χ4v) is 3.76. The Balaban J connectivity index is 1.88. The number of sulfonamides is 1. The number of likely N-dealkylation sites (N-methyl/N-ethyl adjacent to an activating group) is 1. The minimum atomic E-state index is -3.87. The number of esters is 1. The molecule has 29 heavy (non-hydrogen) atoms. The van der Waals surface area contributed by atoms with Crippen LogP contribution >= 0.6 is 0 Å². The molecule has 0 aliphatic rings. The highest BCUT2D eigenvalue weighted by Crippen LogP contribution is 2.11. The zero-order chi connectivity index (χ0) is 21.6. The molecule has 0 bridgehead atoms. The lowest BCUT2D eigenvalue weighted by molar-refractivity contribution is -0.152. The van der Waals surface area contributed by atoms with Gasteiger partial charge in [-0.25, -0.2) is 8.42 Å². The average Bonchev–Trinajstić information content (AvgIpc) is 2.67. The number of benzene rings is 2. The average molecular weight is 419 g/mol. The number of nitrogens with one attached hydrogen (secondary N) is 1. The van der Waals surface area contributed by atoms with E-state index in [0.29, 0.717) is 6.54 Å². The van der Waals surface area contributed by atoms with Gasteiger partial charge in [-0.15, -0.1) is 0 Å². The maximum absolute atomic E-state index is 12.3. The van der Waals surface area contributed by atoms with Gasteiger partial charge in [0.1, 0.15) is 6.04 Å². The lowest BCUT2D eigenvalue weighted by Crippen LogP contribution is -2.41. The lowest BCUT2D eigenvalue weighted by Gasteiger charge is -2.19. The van der Waals surface area contributed by atoms with Gasteiger partial charge in [0.25, 0.3) is 5.91 Å². The summed E-state index contributed by atoms with van der Waals surface area (Å²) in [5.74, 6) is -1.20. The van der Waals surface area contributed by atoms with Crippen molar-refractivity contribution in [2.75, 3.05) is 13.7 Å². The first kappa shape index (κ1) is 22.6. The van der Waals surface area contributed by atoms with Crippen LogP contribution in [-0.2, 0) is 30.9 Å². The Hall–Kier alpha value is -2.71. The monoisotopic (exact) mass is 418 g/mol. The van der Waals surface area contributed by atoms with Crippen LogP contribution in [0.3, 0.4) is 0 Å². The van der Waals surface area contributed by atoms with E-state index in [1.807, 2.05) is 38.1 Å². The molecule has 1 N–H and O–H groups in total. The van der Waals surface area contributed by atoms with Crippen molar-refractivity contribution >= 4 is 21.9 Å². The highest BCUT2D eigenvalue weighted by molar-refractivity contribution is 7.89. The van der Waals surface area contributed by atoms with Crippen molar-refractivity contribution in [3.63, 3.8) is 0 Å². The number of amides is 1. The number of aryl methyl sites for hydroxylation is 2. The van der Waals surface area contributed by atoms with Crippen LogP contribution in [0.15, 0.2) is 53.4 Å². The predicted molar refractivity (Wildman–Crippen MR) is 110 cm³/mol. The van der Waals surface area contributed by atoms with E-state index < -0.39 is 28.6 Å². The van der Waals surface area contributed by atoms with E-state index in [0.717, 1.165) is 16.7 Å². The summed E-state index contributed by atoms with van der Waals surface area (Å²) in [7, 11) is -2.25. The minimum Gasteiger partial charge on any atom is -0.454 e. The van der Waals surface area contributed by atoms with Crippen LogP contribution in [0.2, 0.25) is 0 Å². The van der Waals surface area contributed by atoms with Crippen molar-refractivity contribution < 1.29 is 22.7 Å². The molecule has 1 atom stereocenters. The van der Waals surface area contributed by atoms with Gasteiger partial charge in [0.2, 0.25) is 10.0 Å². The first-order chi connectivity index (χ1) is 13.6. The van der Waals surface area contributed by atoms with Crippen molar-refractivity contribution in [2.45, 2.75) is 38.3 Å². The van der Waals surface area contributed by atoms with E-state index >= 15 is 0 Å². The molecule has 2 aromatic carbocycles. The van der Waals surface area contributed by atoms with Crippen LogP contribution in [0, 0.1) is 13.8 Å². The molecule has 0 aromatic heterocycles. The molecule has 2 aromatic rings. The summed E-state index contributed by atoms with van der Waals surface area (Å²) in [4.78, 5) is 25.9. The van der Waals surface area contributed by atoms with Gasteiger partial charge < -0.3 is 9.64 Å². The summed E-state index contributed by atoms with van der Waals surface area (Å²) >= 11 is 0. The maximum atomic E-state index is 12.3. The van der Waals surface area contributed by atoms with Crippen LogP contribution in [-0.4, -0.2) is 44.9 Å². The Morgan fingerprint density at radius 3 is 2.31 bits per heavy atom. The first-order valence-electron chi connectivity index (χ1n) is 9.14. The molecule has 0 heterocycles. The fraction of sp³-hybridized carbons (Fsp3) is 0.333.